The smallest absolute Gasteiger partial charge is 0.338 e. The minimum atomic E-state index is -3.67. The van der Waals surface area contributed by atoms with E-state index in [1.807, 2.05) is 0 Å². The molecule has 0 spiro atoms. The van der Waals surface area contributed by atoms with Crippen LogP contribution in [0, 0.1) is 0 Å². The molecule has 9 heteroatoms. The van der Waals surface area contributed by atoms with Crippen LogP contribution >= 0.6 is 15.9 Å². The van der Waals surface area contributed by atoms with Gasteiger partial charge in [-0.05, 0) is 36.4 Å². The molecule has 0 fully saturated rings. The number of carbonyl (C=O) groups excluding carboxylic acids is 1. The summed E-state index contributed by atoms with van der Waals surface area (Å²) in [5, 5.41) is 0.638. The molecule has 0 saturated carbocycles. The zero-order valence-electron chi connectivity index (χ0n) is 15.0. The summed E-state index contributed by atoms with van der Waals surface area (Å²) >= 11 is 3.31. The van der Waals surface area contributed by atoms with Crippen molar-refractivity contribution in [3.05, 3.63) is 74.6 Å². The van der Waals surface area contributed by atoms with Gasteiger partial charge in [-0.25, -0.2) is 22.3 Å². The van der Waals surface area contributed by atoms with Crippen molar-refractivity contribution in [2.75, 3.05) is 14.1 Å². The van der Waals surface area contributed by atoms with Crippen LogP contribution in [0.15, 0.2) is 67.1 Å². The summed E-state index contributed by atoms with van der Waals surface area (Å²) in [4.78, 5) is 24.1. The Morgan fingerprint density at radius 2 is 1.89 bits per heavy atom. The maximum absolute atomic E-state index is 12.4. The molecule has 3 rings (SSSR count). The molecule has 0 bridgehead atoms. The lowest BCUT2D eigenvalue weighted by Gasteiger charge is -2.12. The van der Waals surface area contributed by atoms with Crippen molar-refractivity contribution in [2.45, 2.75) is 11.5 Å². The molecule has 28 heavy (non-hydrogen) atoms. The van der Waals surface area contributed by atoms with Gasteiger partial charge >= 0.3 is 11.6 Å². The van der Waals surface area contributed by atoms with E-state index in [-0.39, 0.29) is 17.1 Å². The highest BCUT2D eigenvalue weighted by molar-refractivity contribution is 9.10. The number of esters is 1. The van der Waals surface area contributed by atoms with E-state index in [1.165, 1.54) is 44.4 Å². The predicted octanol–water partition coefficient (Wildman–Crippen LogP) is 3.16. The molecule has 0 aliphatic rings. The van der Waals surface area contributed by atoms with Crippen molar-refractivity contribution < 1.29 is 22.4 Å². The fourth-order valence-electron chi connectivity index (χ4n) is 2.54. The lowest BCUT2D eigenvalue weighted by molar-refractivity contribution is 0.0473. The van der Waals surface area contributed by atoms with Gasteiger partial charge in [0.15, 0.2) is 0 Å². The van der Waals surface area contributed by atoms with Crippen LogP contribution in [0.5, 0.6) is 0 Å². The van der Waals surface area contributed by atoms with E-state index >= 15 is 0 Å². The zero-order valence-corrected chi connectivity index (χ0v) is 17.4. The van der Waals surface area contributed by atoms with Gasteiger partial charge in [0, 0.05) is 35.6 Å². The van der Waals surface area contributed by atoms with Crippen molar-refractivity contribution in [3.63, 3.8) is 0 Å². The van der Waals surface area contributed by atoms with E-state index < -0.39 is 21.6 Å². The molecule has 0 aliphatic heterocycles. The standard InChI is InChI=1S/C19H16BrNO6S/c1-21(2)28(24,25)15-5-3-4-12(8-15)19(23)26-11-13-9-18(22)27-17-10-14(20)6-7-16(13)17/h3-10H,11H2,1-2H3. The first-order chi connectivity index (χ1) is 13.2. The van der Waals surface area contributed by atoms with E-state index in [9.17, 15) is 18.0 Å². The van der Waals surface area contributed by atoms with Gasteiger partial charge < -0.3 is 9.15 Å². The number of halogens is 1. The number of hydrogen-bond acceptors (Lipinski definition) is 6. The number of benzene rings is 2. The second kappa shape index (κ2) is 7.86. The van der Waals surface area contributed by atoms with E-state index in [2.05, 4.69) is 15.9 Å². The second-order valence-electron chi connectivity index (χ2n) is 6.12. The summed E-state index contributed by atoms with van der Waals surface area (Å²) in [6, 6.07) is 12.0. The number of carbonyl (C=O) groups is 1. The van der Waals surface area contributed by atoms with Gasteiger partial charge in [-0.15, -0.1) is 0 Å². The number of fused-ring (bicyclic) bond motifs is 1. The maximum Gasteiger partial charge on any atom is 0.338 e. The van der Waals surface area contributed by atoms with Crippen molar-refractivity contribution in [1.82, 2.24) is 4.31 Å². The Morgan fingerprint density at radius 3 is 2.61 bits per heavy atom. The Balaban J connectivity index is 1.86. The zero-order chi connectivity index (χ0) is 20.5. The Hall–Kier alpha value is -2.49. The minimum Gasteiger partial charge on any atom is -0.457 e. The molecule has 0 aliphatic carbocycles. The Labute approximate surface area is 169 Å². The van der Waals surface area contributed by atoms with Crippen LogP contribution in [0.4, 0.5) is 0 Å². The molecular formula is C19H16BrNO6S. The fourth-order valence-corrected chi connectivity index (χ4v) is 3.83. The maximum atomic E-state index is 12.4. The fraction of sp³-hybridized carbons (Fsp3) is 0.158. The van der Waals surface area contributed by atoms with Crippen LogP contribution in [0.2, 0.25) is 0 Å². The van der Waals surface area contributed by atoms with Gasteiger partial charge in [0.1, 0.15) is 12.2 Å². The largest absolute Gasteiger partial charge is 0.457 e. The number of sulfonamides is 1. The van der Waals surface area contributed by atoms with Crippen LogP contribution in [0.25, 0.3) is 11.0 Å². The van der Waals surface area contributed by atoms with Crippen LogP contribution in [-0.4, -0.2) is 32.8 Å². The molecule has 2 aromatic carbocycles. The highest BCUT2D eigenvalue weighted by Gasteiger charge is 2.19. The average molecular weight is 466 g/mol. The third-order valence-electron chi connectivity index (χ3n) is 4.00. The molecule has 1 aromatic heterocycles. The molecule has 0 N–H and O–H groups in total. The summed E-state index contributed by atoms with van der Waals surface area (Å²) in [7, 11) is -0.856. The summed E-state index contributed by atoms with van der Waals surface area (Å²) in [6.07, 6.45) is 0. The lowest BCUT2D eigenvalue weighted by atomic mass is 10.1. The molecule has 146 valence electrons. The average Bonchev–Trinajstić information content (AvgIpc) is 2.65. The monoisotopic (exact) mass is 465 g/mol. The van der Waals surface area contributed by atoms with Crippen molar-refractivity contribution in [1.29, 1.82) is 0 Å². The van der Waals surface area contributed by atoms with Gasteiger partial charge in [0.25, 0.3) is 0 Å². The first-order valence-corrected chi connectivity index (χ1v) is 10.3. The summed E-state index contributed by atoms with van der Waals surface area (Å²) in [6.45, 7) is -0.160. The SMILES string of the molecule is CN(C)S(=O)(=O)c1cccc(C(=O)OCc2cc(=O)oc3cc(Br)ccc23)c1. The first-order valence-electron chi connectivity index (χ1n) is 8.10. The summed E-state index contributed by atoms with van der Waals surface area (Å²) < 4.78 is 36.7. The molecule has 0 radical (unpaired) electrons. The predicted molar refractivity (Wildman–Crippen MR) is 107 cm³/mol. The molecule has 7 nitrogen and oxygen atoms in total. The van der Waals surface area contributed by atoms with Gasteiger partial charge in [0.05, 0.1) is 10.5 Å². The Bertz CT molecular complexity index is 1220. The topological polar surface area (TPSA) is 93.9 Å². The highest BCUT2D eigenvalue weighted by atomic mass is 79.9. The quantitative estimate of drug-likeness (QED) is 0.424. The van der Waals surface area contributed by atoms with E-state index in [0.29, 0.717) is 16.5 Å². The molecule has 0 amide bonds. The molecule has 0 atom stereocenters. The highest BCUT2D eigenvalue weighted by Crippen LogP contribution is 2.22. The van der Waals surface area contributed by atoms with Crippen molar-refractivity contribution in [3.8, 4) is 0 Å². The third-order valence-corrected chi connectivity index (χ3v) is 6.30. The van der Waals surface area contributed by atoms with Gasteiger partial charge in [-0.2, -0.15) is 0 Å². The van der Waals surface area contributed by atoms with Gasteiger partial charge in [-0.1, -0.05) is 22.0 Å². The van der Waals surface area contributed by atoms with Crippen LogP contribution < -0.4 is 5.63 Å². The minimum absolute atomic E-state index is 0.0115. The number of ether oxygens (including phenoxy) is 1. The van der Waals surface area contributed by atoms with E-state index in [1.54, 1.807) is 18.2 Å². The second-order valence-corrected chi connectivity index (χ2v) is 9.19. The summed E-state index contributed by atoms with van der Waals surface area (Å²) in [5.41, 5.74) is 0.393. The molecule has 0 saturated heterocycles. The lowest BCUT2D eigenvalue weighted by Crippen LogP contribution is -2.22. The Morgan fingerprint density at radius 1 is 1.14 bits per heavy atom. The van der Waals surface area contributed by atoms with Gasteiger partial charge in [0.2, 0.25) is 10.0 Å². The molecule has 3 aromatic rings. The molecule has 0 unspecified atom stereocenters. The first kappa shape index (κ1) is 20.2. The Kier molecular flexibility index (Phi) is 5.69. The van der Waals surface area contributed by atoms with Crippen LogP contribution in [-0.2, 0) is 21.4 Å². The van der Waals surface area contributed by atoms with Gasteiger partial charge in [-0.3, -0.25) is 0 Å². The summed E-state index contributed by atoms with van der Waals surface area (Å²) in [5.74, 6) is -0.700. The molecule has 1 heterocycles. The van der Waals surface area contributed by atoms with E-state index in [0.717, 1.165) is 8.78 Å². The number of rotatable bonds is 5. The normalized spacial score (nSPS) is 11.7. The van der Waals surface area contributed by atoms with Crippen LogP contribution in [0.1, 0.15) is 15.9 Å². The van der Waals surface area contributed by atoms with Crippen molar-refractivity contribution in [2.24, 2.45) is 0 Å². The number of nitrogens with zero attached hydrogens (tertiary/aromatic N) is 1. The van der Waals surface area contributed by atoms with Crippen molar-refractivity contribution >= 4 is 42.9 Å². The third kappa shape index (κ3) is 4.16. The number of hydrogen-bond donors (Lipinski definition) is 0. The van der Waals surface area contributed by atoms with Crippen LogP contribution in [0.3, 0.4) is 0 Å². The van der Waals surface area contributed by atoms with E-state index in [4.69, 9.17) is 9.15 Å². The molecular weight excluding hydrogens is 450 g/mol.